The highest BCUT2D eigenvalue weighted by Gasteiger charge is 2.19. The molecule has 3 aromatic carbocycles. The Balaban J connectivity index is 0.000000252. The largest absolute Gasteiger partial charge is 0.381 e. The predicted molar refractivity (Wildman–Crippen MR) is 138 cm³/mol. The molecule has 0 radical (unpaired) electrons. The zero-order valence-corrected chi connectivity index (χ0v) is 20.6. The fraction of sp³-hybridized carbons (Fsp3) is 0.214. The Labute approximate surface area is 198 Å². The summed E-state index contributed by atoms with van der Waals surface area (Å²) in [5, 5.41) is 0. The third kappa shape index (κ3) is 7.09. The molecule has 0 spiro atoms. The highest BCUT2D eigenvalue weighted by Crippen LogP contribution is 2.23. The Kier molecular flexibility index (Phi) is 8.12. The van der Waals surface area contributed by atoms with Gasteiger partial charge in [-0.3, -0.25) is 0 Å². The normalized spacial score (nSPS) is 14.3. The highest BCUT2D eigenvalue weighted by atomic mass is 32.2. The van der Waals surface area contributed by atoms with Crippen LogP contribution >= 0.6 is 0 Å². The molecule has 0 amide bonds. The van der Waals surface area contributed by atoms with Gasteiger partial charge in [-0.25, -0.2) is 8.42 Å². The van der Waals surface area contributed by atoms with Gasteiger partial charge in [0.2, 0.25) is 0 Å². The third-order valence-corrected chi connectivity index (χ3v) is 7.12. The number of nitrogens with zero attached hydrogens (tertiary/aromatic N) is 2. The molecular weight excluding hydrogens is 428 g/mol. The first-order valence-electron chi connectivity index (χ1n) is 10.9. The average molecular weight is 461 g/mol. The Bertz CT molecular complexity index is 1140. The quantitative estimate of drug-likeness (QED) is 0.483. The molecule has 0 saturated carbocycles. The molecule has 172 valence electrons. The standard InChI is InChI=1S/C21H26N2.C7H6O2S/c1-22(2)20(15-18-11-7-5-8-12-18)17-21(23(3)4)16-19-13-9-6-10-14-19;8-10(9)5-6-1-3-7(10)4-2-6/h5-16H,17H2,1-4H3;1-4H,5H2. The van der Waals surface area contributed by atoms with Crippen LogP contribution in [0.5, 0.6) is 0 Å². The van der Waals surface area contributed by atoms with Crippen LogP contribution in [0.15, 0.2) is 101 Å². The molecule has 4 nitrogen and oxygen atoms in total. The minimum Gasteiger partial charge on any atom is -0.381 e. The summed E-state index contributed by atoms with van der Waals surface area (Å²) < 4.78 is 22.2. The van der Waals surface area contributed by atoms with Crippen LogP contribution in [-0.2, 0) is 15.6 Å². The van der Waals surface area contributed by atoms with E-state index in [1.54, 1.807) is 12.1 Å². The Morgan fingerprint density at radius 3 is 1.39 bits per heavy atom. The van der Waals surface area contributed by atoms with E-state index in [1.165, 1.54) is 22.5 Å². The molecule has 2 aliphatic heterocycles. The minimum atomic E-state index is -2.92. The van der Waals surface area contributed by atoms with Crippen LogP contribution in [-0.4, -0.2) is 46.4 Å². The van der Waals surface area contributed by atoms with Crippen molar-refractivity contribution in [1.82, 2.24) is 9.80 Å². The summed E-state index contributed by atoms with van der Waals surface area (Å²) >= 11 is 0. The first-order valence-corrected chi connectivity index (χ1v) is 12.6. The van der Waals surface area contributed by atoms with Gasteiger partial charge in [-0.2, -0.15) is 0 Å². The van der Waals surface area contributed by atoms with Crippen LogP contribution in [0.1, 0.15) is 23.1 Å². The molecule has 0 aromatic heterocycles. The minimum absolute atomic E-state index is 0.190. The number of sulfone groups is 1. The van der Waals surface area contributed by atoms with E-state index in [9.17, 15) is 8.42 Å². The monoisotopic (exact) mass is 460 g/mol. The van der Waals surface area contributed by atoms with Gasteiger partial charge >= 0.3 is 0 Å². The number of hydrogen-bond donors (Lipinski definition) is 0. The fourth-order valence-corrected chi connectivity index (χ4v) is 4.79. The zero-order valence-electron chi connectivity index (χ0n) is 19.8. The first kappa shape index (κ1) is 24.3. The summed E-state index contributed by atoms with van der Waals surface area (Å²) in [6.45, 7) is 0. The van der Waals surface area contributed by atoms with Crippen molar-refractivity contribution in [2.45, 2.75) is 17.1 Å². The maximum absolute atomic E-state index is 11.1. The second-order valence-electron chi connectivity index (χ2n) is 8.46. The van der Waals surface area contributed by atoms with Crippen LogP contribution in [0, 0.1) is 0 Å². The lowest BCUT2D eigenvalue weighted by atomic mass is 10.1. The van der Waals surface area contributed by atoms with Crippen LogP contribution in [0.4, 0.5) is 0 Å². The first-order chi connectivity index (χ1) is 15.7. The van der Waals surface area contributed by atoms with Gasteiger partial charge in [-0.1, -0.05) is 72.8 Å². The van der Waals surface area contributed by atoms with Crippen molar-refractivity contribution >= 4 is 22.0 Å². The molecule has 5 rings (SSSR count). The molecule has 2 bridgehead atoms. The second-order valence-corrected chi connectivity index (χ2v) is 10.5. The molecule has 0 atom stereocenters. The van der Waals surface area contributed by atoms with Gasteiger partial charge < -0.3 is 9.80 Å². The van der Waals surface area contributed by atoms with Crippen molar-refractivity contribution in [2.24, 2.45) is 0 Å². The van der Waals surface area contributed by atoms with E-state index in [0.717, 1.165) is 12.0 Å². The number of fused-ring (bicyclic) bond motifs is 3. The molecule has 5 heteroatoms. The topological polar surface area (TPSA) is 40.6 Å². The van der Waals surface area contributed by atoms with E-state index in [-0.39, 0.29) is 5.75 Å². The molecule has 0 saturated heterocycles. The van der Waals surface area contributed by atoms with Gasteiger partial charge in [0.05, 0.1) is 10.6 Å². The van der Waals surface area contributed by atoms with Crippen molar-refractivity contribution in [3.8, 4) is 0 Å². The van der Waals surface area contributed by atoms with E-state index in [4.69, 9.17) is 0 Å². The molecule has 2 heterocycles. The second kappa shape index (κ2) is 11.0. The lowest BCUT2D eigenvalue weighted by molar-refractivity contribution is 0.454. The van der Waals surface area contributed by atoms with E-state index < -0.39 is 9.84 Å². The molecule has 0 fully saturated rings. The van der Waals surface area contributed by atoms with Gasteiger partial charge in [0.15, 0.2) is 9.84 Å². The molecule has 0 aliphatic carbocycles. The average Bonchev–Trinajstić information content (AvgIpc) is 2.79. The summed E-state index contributed by atoms with van der Waals surface area (Å²) in [4.78, 5) is 4.83. The van der Waals surface area contributed by atoms with Crippen molar-refractivity contribution in [2.75, 3.05) is 28.2 Å². The van der Waals surface area contributed by atoms with E-state index in [0.29, 0.717) is 4.90 Å². The maximum Gasteiger partial charge on any atom is 0.182 e. The van der Waals surface area contributed by atoms with Crippen LogP contribution in [0.3, 0.4) is 0 Å². The highest BCUT2D eigenvalue weighted by molar-refractivity contribution is 7.90. The number of rotatable bonds is 6. The summed E-state index contributed by atoms with van der Waals surface area (Å²) in [6, 6.07) is 27.9. The predicted octanol–water partition coefficient (Wildman–Crippen LogP) is 5.56. The third-order valence-electron chi connectivity index (χ3n) is 5.42. The van der Waals surface area contributed by atoms with Crippen molar-refractivity contribution in [3.63, 3.8) is 0 Å². The Morgan fingerprint density at radius 1 is 0.697 bits per heavy atom. The van der Waals surface area contributed by atoms with Gasteiger partial charge in [0.1, 0.15) is 0 Å². The van der Waals surface area contributed by atoms with Gasteiger partial charge in [-0.15, -0.1) is 0 Å². The van der Waals surface area contributed by atoms with Gasteiger partial charge in [0.25, 0.3) is 0 Å². The van der Waals surface area contributed by atoms with E-state index >= 15 is 0 Å². The van der Waals surface area contributed by atoms with Crippen LogP contribution < -0.4 is 0 Å². The molecule has 0 unspecified atom stereocenters. The number of hydrogen-bond acceptors (Lipinski definition) is 4. The SMILES string of the molecule is CN(C)C(=Cc1ccccc1)CC(=Cc1ccccc1)N(C)C.O=S1(=O)Cc2ccc1cc2. The van der Waals surface area contributed by atoms with Crippen LogP contribution in [0.2, 0.25) is 0 Å². The lowest BCUT2D eigenvalue weighted by Gasteiger charge is -2.23. The zero-order chi connectivity index (χ0) is 23.8. The van der Waals surface area contributed by atoms with Crippen molar-refractivity contribution in [1.29, 1.82) is 0 Å². The molecule has 33 heavy (non-hydrogen) atoms. The number of benzene rings is 3. The lowest BCUT2D eigenvalue weighted by Crippen LogP contribution is -2.17. The van der Waals surface area contributed by atoms with E-state index in [2.05, 4.69) is 98.7 Å². The fourth-order valence-electron chi connectivity index (χ4n) is 3.44. The molecule has 2 aliphatic rings. The van der Waals surface area contributed by atoms with Gasteiger partial charge in [-0.05, 0) is 41.0 Å². The Hall–Kier alpha value is -3.31. The van der Waals surface area contributed by atoms with Crippen molar-refractivity contribution in [3.05, 3.63) is 113 Å². The summed E-state index contributed by atoms with van der Waals surface area (Å²) in [5.74, 6) is 0.190. The molecule has 0 N–H and O–H groups in total. The maximum atomic E-state index is 11.1. The van der Waals surface area contributed by atoms with E-state index in [1.807, 2.05) is 24.3 Å². The molecular formula is C28H32N2O2S. The summed E-state index contributed by atoms with van der Waals surface area (Å²) in [6.07, 6.45) is 5.40. The van der Waals surface area contributed by atoms with Crippen LogP contribution in [0.25, 0.3) is 12.2 Å². The summed E-state index contributed by atoms with van der Waals surface area (Å²) in [7, 11) is 5.49. The van der Waals surface area contributed by atoms with Crippen molar-refractivity contribution < 1.29 is 8.42 Å². The molecule has 3 aromatic rings. The van der Waals surface area contributed by atoms with Gasteiger partial charge in [0, 0.05) is 46.0 Å². The smallest absolute Gasteiger partial charge is 0.182 e. The Morgan fingerprint density at radius 2 is 1.12 bits per heavy atom. The summed E-state index contributed by atoms with van der Waals surface area (Å²) in [5.41, 5.74) is 5.91.